The van der Waals surface area contributed by atoms with Gasteiger partial charge in [-0.05, 0) is 19.4 Å². The van der Waals surface area contributed by atoms with Crippen LogP contribution in [0.1, 0.15) is 25.5 Å². The van der Waals surface area contributed by atoms with Crippen molar-refractivity contribution in [2.45, 2.75) is 26.3 Å². The van der Waals surface area contributed by atoms with Gasteiger partial charge in [-0.15, -0.1) is 0 Å². The van der Waals surface area contributed by atoms with Crippen LogP contribution in [0.25, 0.3) is 0 Å². The van der Waals surface area contributed by atoms with Crippen LogP contribution in [0.15, 0.2) is 10.7 Å². The maximum Gasteiger partial charge on any atom is 0.297 e. The van der Waals surface area contributed by atoms with Gasteiger partial charge in [0.1, 0.15) is 6.26 Å². The predicted molar refractivity (Wildman–Crippen MR) is 79.1 cm³/mol. The first-order chi connectivity index (χ1) is 9.81. The van der Waals surface area contributed by atoms with E-state index in [2.05, 4.69) is 22.1 Å². The summed E-state index contributed by atoms with van der Waals surface area (Å²) in [7, 11) is 3.41. The molecule has 1 N–H and O–H groups in total. The van der Waals surface area contributed by atoms with E-state index in [9.17, 15) is 0 Å². The summed E-state index contributed by atoms with van der Waals surface area (Å²) in [4.78, 5) is 6.60. The molecule has 0 aliphatic carbocycles. The lowest BCUT2D eigenvalue weighted by Crippen LogP contribution is -2.29. The average molecular weight is 285 g/mol. The number of hydrogen-bond acceptors (Lipinski definition) is 6. The predicted octanol–water partition coefficient (Wildman–Crippen LogP) is 1.66. The highest BCUT2D eigenvalue weighted by molar-refractivity contribution is 5.26. The summed E-state index contributed by atoms with van der Waals surface area (Å²) in [6, 6.07) is 0.659. The van der Waals surface area contributed by atoms with Crippen LogP contribution in [0.5, 0.6) is 0 Å². The Hall–Kier alpha value is -1.11. The molecular formula is C14H27N3O3. The molecule has 116 valence electrons. The van der Waals surface area contributed by atoms with Gasteiger partial charge in [-0.2, -0.15) is 4.98 Å². The standard InChI is InChI=1S/C14H27N3O3/c1-4-6-15-11-13-12-20-14(16-13)17(8-10-19-3)7-5-9-18-2/h12,15H,4-11H2,1-3H3. The molecule has 0 aliphatic rings. The topological polar surface area (TPSA) is 59.8 Å². The van der Waals surface area contributed by atoms with Crippen LogP contribution >= 0.6 is 0 Å². The third-order valence-electron chi connectivity index (χ3n) is 2.88. The Morgan fingerprint density at radius 2 is 2.05 bits per heavy atom. The molecule has 1 heterocycles. The van der Waals surface area contributed by atoms with Crippen molar-refractivity contribution in [3.05, 3.63) is 12.0 Å². The largest absolute Gasteiger partial charge is 0.432 e. The second-order valence-electron chi connectivity index (χ2n) is 4.62. The van der Waals surface area contributed by atoms with Crippen LogP contribution in [-0.4, -0.2) is 52.1 Å². The van der Waals surface area contributed by atoms with E-state index in [1.807, 2.05) is 0 Å². The SMILES string of the molecule is CCCNCc1coc(N(CCCOC)CCOC)n1. The summed E-state index contributed by atoms with van der Waals surface area (Å²) >= 11 is 0. The highest BCUT2D eigenvalue weighted by Crippen LogP contribution is 2.14. The van der Waals surface area contributed by atoms with Gasteiger partial charge in [0.25, 0.3) is 6.01 Å². The minimum Gasteiger partial charge on any atom is -0.432 e. The number of rotatable bonds is 12. The number of anilines is 1. The zero-order valence-electron chi connectivity index (χ0n) is 12.9. The zero-order valence-corrected chi connectivity index (χ0v) is 12.9. The first-order valence-electron chi connectivity index (χ1n) is 7.19. The van der Waals surface area contributed by atoms with Crippen molar-refractivity contribution in [1.29, 1.82) is 0 Å². The Morgan fingerprint density at radius 3 is 2.75 bits per heavy atom. The number of hydrogen-bond donors (Lipinski definition) is 1. The zero-order chi connectivity index (χ0) is 14.6. The van der Waals surface area contributed by atoms with Gasteiger partial charge in [0.2, 0.25) is 0 Å². The molecule has 0 radical (unpaired) electrons. The molecule has 1 aromatic rings. The number of aromatic nitrogens is 1. The third kappa shape index (κ3) is 6.36. The molecule has 0 amide bonds. The van der Waals surface area contributed by atoms with Gasteiger partial charge in [-0.3, -0.25) is 0 Å². The second kappa shape index (κ2) is 10.7. The molecule has 0 spiro atoms. The van der Waals surface area contributed by atoms with Crippen molar-refractivity contribution in [3.8, 4) is 0 Å². The number of oxazole rings is 1. The molecule has 1 rings (SSSR count). The summed E-state index contributed by atoms with van der Waals surface area (Å²) in [5.74, 6) is 0. The van der Waals surface area contributed by atoms with Gasteiger partial charge in [-0.25, -0.2) is 0 Å². The fraction of sp³-hybridized carbons (Fsp3) is 0.786. The fourth-order valence-electron chi connectivity index (χ4n) is 1.82. The Kier molecular flexibility index (Phi) is 9.02. The number of nitrogens with one attached hydrogen (secondary N) is 1. The molecule has 20 heavy (non-hydrogen) atoms. The van der Waals surface area contributed by atoms with Crippen LogP contribution in [0.3, 0.4) is 0 Å². The van der Waals surface area contributed by atoms with Crippen molar-refractivity contribution in [2.75, 3.05) is 52.0 Å². The second-order valence-corrected chi connectivity index (χ2v) is 4.62. The van der Waals surface area contributed by atoms with Crippen LogP contribution in [0.2, 0.25) is 0 Å². The summed E-state index contributed by atoms with van der Waals surface area (Å²) in [5.41, 5.74) is 0.933. The number of ether oxygens (including phenoxy) is 2. The first kappa shape index (κ1) is 16.9. The minimum atomic E-state index is 0.652. The Bertz CT molecular complexity index is 344. The van der Waals surface area contributed by atoms with Crippen LogP contribution < -0.4 is 10.2 Å². The Labute approximate surface area is 121 Å². The molecule has 0 unspecified atom stereocenters. The number of nitrogens with zero attached hydrogens (tertiary/aromatic N) is 2. The monoisotopic (exact) mass is 285 g/mol. The molecular weight excluding hydrogens is 258 g/mol. The van der Waals surface area contributed by atoms with Gasteiger partial charge in [-0.1, -0.05) is 6.92 Å². The smallest absolute Gasteiger partial charge is 0.297 e. The third-order valence-corrected chi connectivity index (χ3v) is 2.88. The van der Waals surface area contributed by atoms with Gasteiger partial charge >= 0.3 is 0 Å². The first-order valence-corrected chi connectivity index (χ1v) is 7.19. The molecule has 1 aromatic heterocycles. The van der Waals surface area contributed by atoms with Gasteiger partial charge in [0.15, 0.2) is 0 Å². The van der Waals surface area contributed by atoms with E-state index in [-0.39, 0.29) is 0 Å². The van der Waals surface area contributed by atoms with Crippen molar-refractivity contribution in [3.63, 3.8) is 0 Å². The van der Waals surface area contributed by atoms with Crippen molar-refractivity contribution < 1.29 is 13.9 Å². The quantitative estimate of drug-likeness (QED) is 0.589. The van der Waals surface area contributed by atoms with Gasteiger partial charge < -0.3 is 24.1 Å². The fourth-order valence-corrected chi connectivity index (χ4v) is 1.82. The average Bonchev–Trinajstić information content (AvgIpc) is 2.92. The summed E-state index contributed by atoms with van der Waals surface area (Å²) in [6.07, 6.45) is 3.77. The molecule has 0 fully saturated rings. The molecule has 6 heteroatoms. The van der Waals surface area contributed by atoms with E-state index in [0.717, 1.165) is 51.3 Å². The van der Waals surface area contributed by atoms with E-state index >= 15 is 0 Å². The lowest BCUT2D eigenvalue weighted by molar-refractivity contribution is 0.190. The minimum absolute atomic E-state index is 0.652. The van der Waals surface area contributed by atoms with Gasteiger partial charge in [0, 0.05) is 40.5 Å². The lowest BCUT2D eigenvalue weighted by Gasteiger charge is -2.19. The summed E-state index contributed by atoms with van der Waals surface area (Å²) in [6.45, 7) is 6.87. The summed E-state index contributed by atoms with van der Waals surface area (Å²) < 4.78 is 15.8. The Balaban J connectivity index is 2.50. The van der Waals surface area contributed by atoms with Crippen molar-refractivity contribution in [2.24, 2.45) is 0 Å². The van der Waals surface area contributed by atoms with Gasteiger partial charge in [0.05, 0.1) is 12.3 Å². The highest BCUT2D eigenvalue weighted by Gasteiger charge is 2.12. The molecule has 0 aromatic carbocycles. The molecule has 0 saturated heterocycles. The molecule has 6 nitrogen and oxygen atoms in total. The van der Waals surface area contributed by atoms with E-state index < -0.39 is 0 Å². The maximum absolute atomic E-state index is 5.56. The number of methoxy groups -OCH3 is 2. The van der Waals surface area contributed by atoms with Crippen molar-refractivity contribution in [1.82, 2.24) is 10.3 Å². The van der Waals surface area contributed by atoms with Crippen LogP contribution in [-0.2, 0) is 16.0 Å². The normalized spacial score (nSPS) is 10.9. The Morgan fingerprint density at radius 1 is 1.25 bits per heavy atom. The molecule has 0 aliphatic heterocycles. The van der Waals surface area contributed by atoms with Crippen LogP contribution in [0.4, 0.5) is 6.01 Å². The highest BCUT2D eigenvalue weighted by atomic mass is 16.5. The van der Waals surface area contributed by atoms with Crippen LogP contribution in [0, 0.1) is 0 Å². The molecule has 0 atom stereocenters. The summed E-state index contributed by atoms with van der Waals surface area (Å²) in [5, 5.41) is 3.31. The van der Waals surface area contributed by atoms with E-state index in [0.29, 0.717) is 12.6 Å². The van der Waals surface area contributed by atoms with Crippen molar-refractivity contribution >= 4 is 6.01 Å². The maximum atomic E-state index is 5.56. The van der Waals surface area contributed by atoms with E-state index in [4.69, 9.17) is 13.9 Å². The van der Waals surface area contributed by atoms with E-state index in [1.165, 1.54) is 0 Å². The molecule has 0 saturated carbocycles. The molecule has 0 bridgehead atoms. The van der Waals surface area contributed by atoms with E-state index in [1.54, 1.807) is 20.5 Å². The lowest BCUT2D eigenvalue weighted by atomic mass is 10.4.